The van der Waals surface area contributed by atoms with Crippen molar-refractivity contribution in [2.45, 2.75) is 18.7 Å². The number of anilines is 2. The van der Waals surface area contributed by atoms with E-state index in [4.69, 9.17) is 0 Å². The molecule has 2 aromatic rings. The lowest BCUT2D eigenvalue weighted by atomic mass is 10.2. The Bertz CT molecular complexity index is 880. The minimum Gasteiger partial charge on any atom is -0.372 e. The average Bonchev–Trinajstić information content (AvgIpc) is 2.49. The predicted molar refractivity (Wildman–Crippen MR) is 88.5 cm³/mol. The Hall–Kier alpha value is -2.55. The summed E-state index contributed by atoms with van der Waals surface area (Å²) in [5.74, 6) is 0. The van der Waals surface area contributed by atoms with Crippen LogP contribution in [0.1, 0.15) is 13.8 Å². The van der Waals surface area contributed by atoms with Gasteiger partial charge in [0.25, 0.3) is 15.6 Å². The quantitative estimate of drug-likeness (QED) is 0.717. The van der Waals surface area contributed by atoms with Gasteiger partial charge in [-0.05, 0) is 38.1 Å². The van der Waals surface area contributed by atoms with Crippen molar-refractivity contribution in [1.29, 1.82) is 0 Å². The lowest BCUT2D eigenvalue weighted by Gasteiger charge is -2.21. The maximum Gasteiger partial charge on any atom is 0.325 e. The number of aromatic nitrogens is 2. The molecule has 0 radical (unpaired) electrons. The fraction of sp³-hybridized carbons (Fsp3) is 0.286. The standard InChI is InChI=1S/C14H18N4O4S/c1-3-18(4-2)11-7-5-10(6-8-11)17-23(21,22)12-9-15-14(20)16-13(12)19/h5-9,17H,3-4H2,1-2H3,(H2,15,16,19,20). The van der Waals surface area contributed by atoms with Gasteiger partial charge in [-0.15, -0.1) is 0 Å². The number of H-pyrrole nitrogens is 2. The number of nitrogens with one attached hydrogen (secondary N) is 3. The summed E-state index contributed by atoms with van der Waals surface area (Å²) in [6.07, 6.45) is 0.869. The van der Waals surface area contributed by atoms with Crippen molar-refractivity contribution in [1.82, 2.24) is 9.97 Å². The van der Waals surface area contributed by atoms with Gasteiger partial charge in [0.2, 0.25) is 0 Å². The largest absolute Gasteiger partial charge is 0.372 e. The second-order valence-electron chi connectivity index (χ2n) is 4.76. The Kier molecular flexibility index (Phi) is 4.89. The topological polar surface area (TPSA) is 115 Å². The summed E-state index contributed by atoms with van der Waals surface area (Å²) in [5.41, 5.74) is -0.440. The molecule has 8 nitrogen and oxygen atoms in total. The van der Waals surface area contributed by atoms with E-state index in [9.17, 15) is 18.0 Å². The van der Waals surface area contributed by atoms with Gasteiger partial charge in [0.05, 0.1) is 0 Å². The Labute approximate surface area is 133 Å². The highest BCUT2D eigenvalue weighted by Gasteiger charge is 2.19. The van der Waals surface area contributed by atoms with Crippen LogP contribution in [0, 0.1) is 0 Å². The molecule has 0 saturated heterocycles. The lowest BCUT2D eigenvalue weighted by Crippen LogP contribution is -2.29. The van der Waals surface area contributed by atoms with Crippen LogP contribution in [-0.2, 0) is 10.0 Å². The summed E-state index contributed by atoms with van der Waals surface area (Å²) in [6, 6.07) is 6.82. The van der Waals surface area contributed by atoms with E-state index in [-0.39, 0.29) is 0 Å². The zero-order valence-electron chi connectivity index (χ0n) is 12.8. The number of benzene rings is 1. The number of hydrogen-bond donors (Lipinski definition) is 3. The number of nitrogens with zero attached hydrogens (tertiary/aromatic N) is 1. The predicted octanol–water partition coefficient (Wildman–Crippen LogP) is 0.710. The van der Waals surface area contributed by atoms with Crippen LogP contribution in [-0.4, -0.2) is 31.5 Å². The molecule has 0 saturated carbocycles. The molecule has 0 aliphatic rings. The highest BCUT2D eigenvalue weighted by Crippen LogP contribution is 2.19. The SMILES string of the molecule is CCN(CC)c1ccc(NS(=O)(=O)c2c[nH]c(=O)[nH]c2=O)cc1. The van der Waals surface area contributed by atoms with Crippen molar-refractivity contribution < 1.29 is 8.42 Å². The van der Waals surface area contributed by atoms with E-state index >= 15 is 0 Å². The molecule has 9 heteroatoms. The van der Waals surface area contributed by atoms with E-state index in [2.05, 4.69) is 14.6 Å². The minimum atomic E-state index is -4.08. The number of aromatic amines is 2. The van der Waals surface area contributed by atoms with E-state index in [1.165, 1.54) is 0 Å². The fourth-order valence-electron chi connectivity index (χ4n) is 2.14. The molecule has 0 spiro atoms. The number of rotatable bonds is 6. The molecule has 0 aliphatic carbocycles. The van der Waals surface area contributed by atoms with Crippen LogP contribution < -0.4 is 20.9 Å². The monoisotopic (exact) mass is 338 g/mol. The van der Waals surface area contributed by atoms with Crippen LogP contribution in [0.25, 0.3) is 0 Å². The second-order valence-corrected chi connectivity index (χ2v) is 6.41. The van der Waals surface area contributed by atoms with Crippen molar-refractivity contribution in [2.75, 3.05) is 22.7 Å². The highest BCUT2D eigenvalue weighted by molar-refractivity contribution is 7.92. The number of sulfonamides is 1. The summed E-state index contributed by atoms with van der Waals surface area (Å²) in [5, 5.41) is 0. The first-order valence-electron chi connectivity index (χ1n) is 7.07. The molecule has 0 fully saturated rings. The van der Waals surface area contributed by atoms with Gasteiger partial charge < -0.3 is 9.88 Å². The summed E-state index contributed by atoms with van der Waals surface area (Å²) in [6.45, 7) is 5.74. The smallest absolute Gasteiger partial charge is 0.325 e. The van der Waals surface area contributed by atoms with Crippen LogP contribution in [0.5, 0.6) is 0 Å². The highest BCUT2D eigenvalue weighted by atomic mass is 32.2. The molecular weight excluding hydrogens is 320 g/mol. The van der Waals surface area contributed by atoms with Crippen molar-refractivity contribution in [2.24, 2.45) is 0 Å². The van der Waals surface area contributed by atoms with Crippen LogP contribution in [0.4, 0.5) is 11.4 Å². The van der Waals surface area contributed by atoms with Crippen molar-refractivity contribution in [3.63, 3.8) is 0 Å². The van der Waals surface area contributed by atoms with Gasteiger partial charge >= 0.3 is 5.69 Å². The third-order valence-corrected chi connectivity index (χ3v) is 4.71. The molecule has 1 aromatic heterocycles. The molecular formula is C14H18N4O4S. The molecule has 0 aliphatic heterocycles. The Morgan fingerprint density at radius 1 is 1.09 bits per heavy atom. The van der Waals surface area contributed by atoms with E-state index in [1.54, 1.807) is 24.3 Å². The third-order valence-electron chi connectivity index (χ3n) is 3.32. The van der Waals surface area contributed by atoms with Gasteiger partial charge in [-0.2, -0.15) is 0 Å². The summed E-state index contributed by atoms with van der Waals surface area (Å²) in [7, 11) is -4.08. The minimum absolute atomic E-state index is 0.325. The van der Waals surface area contributed by atoms with Gasteiger partial charge in [0.1, 0.15) is 0 Å². The maximum absolute atomic E-state index is 12.2. The lowest BCUT2D eigenvalue weighted by molar-refractivity contribution is 0.599. The first kappa shape index (κ1) is 16.8. The van der Waals surface area contributed by atoms with Crippen LogP contribution in [0.3, 0.4) is 0 Å². The van der Waals surface area contributed by atoms with E-state index < -0.39 is 26.2 Å². The number of hydrogen-bond acceptors (Lipinski definition) is 5. The second kappa shape index (κ2) is 6.69. The normalized spacial score (nSPS) is 11.2. The first-order chi connectivity index (χ1) is 10.9. The molecule has 0 bridgehead atoms. The molecule has 2 rings (SSSR count). The van der Waals surface area contributed by atoms with Gasteiger partial charge in [-0.1, -0.05) is 0 Å². The van der Waals surface area contributed by atoms with Crippen molar-refractivity contribution in [3.8, 4) is 0 Å². The third kappa shape index (κ3) is 3.81. The Morgan fingerprint density at radius 3 is 2.22 bits per heavy atom. The molecule has 23 heavy (non-hydrogen) atoms. The molecule has 0 amide bonds. The zero-order chi connectivity index (χ0) is 17.0. The fourth-order valence-corrected chi connectivity index (χ4v) is 3.20. The molecule has 0 unspecified atom stereocenters. The van der Waals surface area contributed by atoms with Gasteiger partial charge in [-0.25, -0.2) is 13.2 Å². The van der Waals surface area contributed by atoms with E-state index in [1.807, 2.05) is 18.8 Å². The summed E-state index contributed by atoms with van der Waals surface area (Å²) < 4.78 is 26.7. The van der Waals surface area contributed by atoms with E-state index in [0.717, 1.165) is 25.0 Å². The summed E-state index contributed by atoms with van der Waals surface area (Å²) >= 11 is 0. The van der Waals surface area contributed by atoms with Gasteiger partial charge in [0.15, 0.2) is 4.90 Å². The molecule has 1 aromatic carbocycles. The van der Waals surface area contributed by atoms with Crippen molar-refractivity contribution >= 4 is 21.4 Å². The molecule has 124 valence electrons. The Morgan fingerprint density at radius 2 is 1.70 bits per heavy atom. The maximum atomic E-state index is 12.2. The molecule has 3 N–H and O–H groups in total. The average molecular weight is 338 g/mol. The van der Waals surface area contributed by atoms with Gasteiger partial charge in [-0.3, -0.25) is 14.5 Å². The molecule has 1 heterocycles. The van der Waals surface area contributed by atoms with Gasteiger partial charge in [0, 0.05) is 30.7 Å². The van der Waals surface area contributed by atoms with E-state index in [0.29, 0.717) is 5.69 Å². The van der Waals surface area contributed by atoms with Crippen LogP contribution >= 0.6 is 0 Å². The zero-order valence-corrected chi connectivity index (χ0v) is 13.6. The van der Waals surface area contributed by atoms with Crippen molar-refractivity contribution in [3.05, 3.63) is 51.3 Å². The summed E-state index contributed by atoms with van der Waals surface area (Å²) in [4.78, 5) is 28.1. The first-order valence-corrected chi connectivity index (χ1v) is 8.55. The van der Waals surface area contributed by atoms with Crippen LogP contribution in [0.2, 0.25) is 0 Å². The Balaban J connectivity index is 2.27. The van der Waals surface area contributed by atoms with Crippen LogP contribution in [0.15, 0.2) is 44.9 Å². The molecule has 0 atom stereocenters.